The van der Waals surface area contributed by atoms with E-state index < -0.39 is 7.94 Å². The van der Waals surface area contributed by atoms with Crippen molar-refractivity contribution in [3.63, 3.8) is 0 Å². The van der Waals surface area contributed by atoms with Crippen LogP contribution in [0.4, 0.5) is 0 Å². The smallest absolute Gasteiger partial charge is 0.313 e. The van der Waals surface area contributed by atoms with E-state index in [2.05, 4.69) is 12.2 Å². The van der Waals surface area contributed by atoms with Crippen LogP contribution in [-0.4, -0.2) is 33.9 Å². The maximum absolute atomic E-state index is 8.56. The monoisotopic (exact) mass is 182 g/mol. The second kappa shape index (κ2) is 5.86. The molecule has 0 saturated heterocycles. The Labute approximate surface area is 67.8 Å². The Morgan fingerprint density at radius 2 is 1.82 bits per heavy atom. The van der Waals surface area contributed by atoms with E-state index in [9.17, 15) is 0 Å². The summed E-state index contributed by atoms with van der Waals surface area (Å²) in [6, 6.07) is 0. The fraction of sp³-hybridized carbons (Fsp3) is 1.00. The Morgan fingerprint density at radius 1 is 1.18 bits per heavy atom. The zero-order valence-corrected chi connectivity index (χ0v) is 7.72. The lowest BCUT2D eigenvalue weighted by atomic mass is 10.3. The van der Waals surface area contributed by atoms with Crippen molar-refractivity contribution in [3.8, 4) is 0 Å². The zero-order chi connectivity index (χ0) is 8.74. The molecule has 0 atom stereocenters. The van der Waals surface area contributed by atoms with Crippen molar-refractivity contribution in [2.75, 3.05) is 19.3 Å². The van der Waals surface area contributed by atoms with Crippen molar-refractivity contribution in [1.82, 2.24) is 5.32 Å². The summed E-state index contributed by atoms with van der Waals surface area (Å²) in [5, 5.41) is 2.99. The van der Waals surface area contributed by atoms with Crippen LogP contribution in [0.25, 0.3) is 0 Å². The molecule has 11 heavy (non-hydrogen) atoms. The molecule has 0 fully saturated rings. The summed E-state index contributed by atoms with van der Waals surface area (Å²) in [6.07, 6.45) is 2.25. The van der Waals surface area contributed by atoms with Crippen LogP contribution >= 0.6 is 7.94 Å². The minimum Gasteiger partial charge on any atom is -0.313 e. The summed E-state index contributed by atoms with van der Waals surface area (Å²) in [4.78, 5) is 25.7. The second-order valence-corrected chi connectivity index (χ2v) is 4.35. The number of hydrogen-bond donors (Lipinski definition) is 4. The summed E-state index contributed by atoms with van der Waals surface area (Å²) < 4.78 is 0. The molecule has 0 saturated carbocycles. The van der Waals surface area contributed by atoms with Crippen molar-refractivity contribution in [1.29, 1.82) is 0 Å². The lowest BCUT2D eigenvalue weighted by Gasteiger charge is -2.04. The fourth-order valence-electron chi connectivity index (χ4n) is 0.656. The largest absolute Gasteiger partial charge is 0.405 e. The minimum absolute atomic E-state index is 0.0523. The lowest BCUT2D eigenvalue weighted by Crippen LogP contribution is -2.20. The van der Waals surface area contributed by atoms with Gasteiger partial charge < -0.3 is 5.32 Å². The van der Waals surface area contributed by atoms with Crippen LogP contribution in [0.15, 0.2) is 0 Å². The quantitative estimate of drug-likeness (QED) is 0.347. The van der Waals surface area contributed by atoms with Crippen molar-refractivity contribution in [2.45, 2.75) is 19.8 Å². The first-order valence-electron chi connectivity index (χ1n) is 3.83. The molecule has 0 rings (SSSR count). The van der Waals surface area contributed by atoms with Gasteiger partial charge in [0.2, 0.25) is 0 Å². The van der Waals surface area contributed by atoms with Crippen molar-refractivity contribution < 1.29 is 14.7 Å². The third kappa shape index (κ3) is 10.3. The summed E-state index contributed by atoms with van der Waals surface area (Å²) in [6.45, 7) is 3.43. The highest BCUT2D eigenvalue weighted by molar-refractivity contribution is 7.58. The molecule has 0 aromatic carbocycles. The first kappa shape index (κ1) is 11.3. The van der Waals surface area contributed by atoms with Crippen LogP contribution < -0.4 is 5.32 Å². The van der Waals surface area contributed by atoms with Gasteiger partial charge in [0.25, 0.3) is 0 Å². The van der Waals surface area contributed by atoms with E-state index in [0.29, 0.717) is 6.54 Å². The van der Waals surface area contributed by atoms with Crippen LogP contribution in [0.5, 0.6) is 0 Å². The Hall–Kier alpha value is 0.270. The third-order valence-corrected chi connectivity index (χ3v) is 2.12. The van der Waals surface area contributed by atoms with Crippen molar-refractivity contribution >= 4 is 7.94 Å². The van der Waals surface area contributed by atoms with Gasteiger partial charge in [-0.25, -0.2) is 0 Å². The number of hydrogen-bond acceptors (Lipinski definition) is 4. The molecule has 5 heteroatoms. The van der Waals surface area contributed by atoms with E-state index in [4.69, 9.17) is 14.7 Å². The predicted octanol–water partition coefficient (Wildman–Crippen LogP) is 0.116. The zero-order valence-electron chi connectivity index (χ0n) is 6.82. The molecule has 0 aliphatic rings. The highest BCUT2D eigenvalue weighted by Crippen LogP contribution is 2.43. The number of rotatable bonds is 6. The second-order valence-electron chi connectivity index (χ2n) is 2.52. The van der Waals surface area contributed by atoms with Gasteiger partial charge in [-0.05, 0) is 13.0 Å². The number of nitrogens with one attached hydrogen (secondary N) is 1. The molecular weight excluding hydrogens is 165 g/mol. The average molecular weight is 182 g/mol. The van der Waals surface area contributed by atoms with Crippen LogP contribution in [-0.2, 0) is 0 Å². The van der Waals surface area contributed by atoms with Crippen LogP contribution in [0, 0.1) is 0 Å². The van der Waals surface area contributed by atoms with Gasteiger partial charge in [-0.1, -0.05) is 13.3 Å². The molecule has 0 radical (unpaired) electrons. The first-order valence-corrected chi connectivity index (χ1v) is 5.66. The molecule has 4 N–H and O–H groups in total. The van der Waals surface area contributed by atoms with Crippen molar-refractivity contribution in [2.24, 2.45) is 0 Å². The molecule has 4 nitrogen and oxygen atoms in total. The van der Waals surface area contributed by atoms with E-state index in [1.807, 2.05) is 0 Å². The molecule has 68 valence electrons. The molecule has 0 unspecified atom stereocenters. The standard InChI is InChI=1S/C6H17NO3P/c1-2-3-4-7-5-6-11(8,9)10/h7-10H,2-6H2,1H3/q+1. The van der Waals surface area contributed by atoms with E-state index >= 15 is 0 Å². The van der Waals surface area contributed by atoms with E-state index in [-0.39, 0.29) is 6.16 Å². The normalized spacial score (nSPS) is 12.0. The van der Waals surface area contributed by atoms with Gasteiger partial charge in [0, 0.05) is 6.54 Å². The lowest BCUT2D eigenvalue weighted by molar-refractivity contribution is 0.330. The summed E-state index contributed by atoms with van der Waals surface area (Å²) >= 11 is 0. The van der Waals surface area contributed by atoms with Gasteiger partial charge in [-0.2, -0.15) is 14.7 Å². The highest BCUT2D eigenvalue weighted by Gasteiger charge is 2.27. The Morgan fingerprint density at radius 3 is 2.27 bits per heavy atom. The van der Waals surface area contributed by atoms with Gasteiger partial charge in [-0.15, -0.1) is 0 Å². The average Bonchev–Trinajstić information content (AvgIpc) is 1.85. The molecule has 0 heterocycles. The summed E-state index contributed by atoms with van der Waals surface area (Å²) in [7, 11) is -3.53. The SMILES string of the molecule is CCCCNCC[P+](O)(O)O. The van der Waals surface area contributed by atoms with E-state index in [1.165, 1.54) is 0 Å². The van der Waals surface area contributed by atoms with Crippen LogP contribution in [0.3, 0.4) is 0 Å². The molecule has 0 spiro atoms. The maximum atomic E-state index is 8.56. The first-order chi connectivity index (χ1) is 5.06. The molecule has 0 bridgehead atoms. The summed E-state index contributed by atoms with van der Waals surface area (Å²) in [5.74, 6) is 0. The van der Waals surface area contributed by atoms with Gasteiger partial charge >= 0.3 is 7.94 Å². The topological polar surface area (TPSA) is 72.7 Å². The molecule has 0 aromatic rings. The van der Waals surface area contributed by atoms with E-state index in [0.717, 1.165) is 19.4 Å². The van der Waals surface area contributed by atoms with Gasteiger partial charge in [0.05, 0.1) is 0 Å². The molecule has 0 aliphatic heterocycles. The molecule has 0 aromatic heterocycles. The molecular formula is C6H17NO3P+. The van der Waals surface area contributed by atoms with E-state index in [1.54, 1.807) is 0 Å². The van der Waals surface area contributed by atoms with Crippen LogP contribution in [0.1, 0.15) is 19.8 Å². The van der Waals surface area contributed by atoms with Gasteiger partial charge in [0.1, 0.15) is 0 Å². The van der Waals surface area contributed by atoms with Gasteiger partial charge in [0.15, 0.2) is 6.16 Å². The predicted molar refractivity (Wildman–Crippen MR) is 46.2 cm³/mol. The maximum Gasteiger partial charge on any atom is 0.405 e. The molecule has 0 amide bonds. The summed E-state index contributed by atoms with van der Waals surface area (Å²) in [5.41, 5.74) is 0. The highest BCUT2D eigenvalue weighted by atomic mass is 31.2. The fourth-order valence-corrected chi connectivity index (χ4v) is 1.11. The Kier molecular flexibility index (Phi) is 6.01. The third-order valence-electron chi connectivity index (χ3n) is 1.30. The minimum atomic E-state index is -3.53. The van der Waals surface area contributed by atoms with Gasteiger partial charge in [-0.3, -0.25) is 0 Å². The Balaban J connectivity index is 3.02. The Bertz CT molecular complexity index is 94.3. The number of unbranched alkanes of at least 4 members (excludes halogenated alkanes) is 1. The molecule has 0 aliphatic carbocycles. The van der Waals surface area contributed by atoms with Crippen LogP contribution in [0.2, 0.25) is 0 Å². The van der Waals surface area contributed by atoms with Crippen molar-refractivity contribution in [3.05, 3.63) is 0 Å².